The molecule has 1 saturated heterocycles. The molecule has 0 saturated carbocycles. The van der Waals surface area contributed by atoms with Gasteiger partial charge >= 0.3 is 0 Å². The van der Waals surface area contributed by atoms with Gasteiger partial charge in [-0.25, -0.2) is 4.39 Å². The number of hydrogen-bond donors (Lipinski definition) is 1. The normalized spacial score (nSPS) is 17.5. The maximum atomic E-state index is 13.5. The molecule has 1 aliphatic heterocycles. The zero-order chi connectivity index (χ0) is 23.5. The number of piperidine rings is 1. The SMILES string of the molecule is COc1cc(Cl)c(C)cc1NC(=O)C(C)N1CCCC(c2nc(-c3cccc(F)c3)no2)C1. The second-order valence-corrected chi connectivity index (χ2v) is 8.67. The van der Waals surface area contributed by atoms with Gasteiger partial charge in [0.2, 0.25) is 17.6 Å². The Morgan fingerprint density at radius 3 is 2.94 bits per heavy atom. The predicted octanol–water partition coefficient (Wildman–Crippen LogP) is 5.05. The maximum absolute atomic E-state index is 13.5. The summed E-state index contributed by atoms with van der Waals surface area (Å²) >= 11 is 6.17. The minimum Gasteiger partial charge on any atom is -0.495 e. The lowest BCUT2D eigenvalue weighted by Crippen LogP contribution is -2.46. The van der Waals surface area contributed by atoms with Crippen LogP contribution in [0.25, 0.3) is 11.4 Å². The van der Waals surface area contributed by atoms with E-state index in [1.807, 2.05) is 13.8 Å². The van der Waals surface area contributed by atoms with E-state index in [2.05, 4.69) is 20.4 Å². The molecule has 0 spiro atoms. The van der Waals surface area contributed by atoms with E-state index in [9.17, 15) is 9.18 Å². The highest BCUT2D eigenvalue weighted by atomic mass is 35.5. The molecule has 0 bridgehead atoms. The summed E-state index contributed by atoms with van der Waals surface area (Å²) in [6.45, 7) is 5.14. The topological polar surface area (TPSA) is 80.5 Å². The van der Waals surface area contributed by atoms with Gasteiger partial charge in [0.1, 0.15) is 11.6 Å². The van der Waals surface area contributed by atoms with Crippen LogP contribution in [-0.2, 0) is 4.79 Å². The Bertz CT molecular complexity index is 1150. The van der Waals surface area contributed by atoms with Crippen LogP contribution in [0.15, 0.2) is 40.9 Å². The molecule has 174 valence electrons. The Kier molecular flexibility index (Phi) is 6.95. The van der Waals surface area contributed by atoms with Crippen molar-refractivity contribution in [2.45, 2.75) is 38.6 Å². The van der Waals surface area contributed by atoms with Gasteiger partial charge in [0, 0.05) is 23.2 Å². The number of rotatable bonds is 6. The van der Waals surface area contributed by atoms with E-state index in [0.717, 1.165) is 24.9 Å². The fourth-order valence-electron chi connectivity index (χ4n) is 4.04. The van der Waals surface area contributed by atoms with Crippen LogP contribution < -0.4 is 10.1 Å². The molecule has 1 aromatic heterocycles. The minimum atomic E-state index is -0.376. The van der Waals surface area contributed by atoms with Crippen molar-refractivity contribution in [3.05, 3.63) is 58.7 Å². The van der Waals surface area contributed by atoms with Gasteiger partial charge in [-0.2, -0.15) is 4.98 Å². The molecule has 3 aromatic rings. The summed E-state index contributed by atoms with van der Waals surface area (Å²) < 4.78 is 24.4. The second kappa shape index (κ2) is 9.89. The highest BCUT2D eigenvalue weighted by Crippen LogP contribution is 2.32. The number of nitrogens with zero attached hydrogens (tertiary/aromatic N) is 3. The van der Waals surface area contributed by atoms with Gasteiger partial charge in [-0.05, 0) is 57.0 Å². The number of carbonyl (C=O) groups is 1. The minimum absolute atomic E-state index is 0.00359. The third-order valence-corrected chi connectivity index (χ3v) is 6.40. The Hall–Kier alpha value is -2.97. The van der Waals surface area contributed by atoms with E-state index in [1.165, 1.54) is 19.2 Å². The number of halogens is 2. The summed E-state index contributed by atoms with van der Waals surface area (Å²) in [5.74, 6) is 0.880. The van der Waals surface area contributed by atoms with Crippen molar-refractivity contribution < 1.29 is 18.4 Å². The molecule has 0 aliphatic carbocycles. The largest absolute Gasteiger partial charge is 0.495 e. The van der Waals surface area contributed by atoms with Crippen molar-refractivity contribution in [3.8, 4) is 17.1 Å². The number of hydrogen-bond acceptors (Lipinski definition) is 6. The van der Waals surface area contributed by atoms with Crippen molar-refractivity contribution in [2.24, 2.45) is 0 Å². The molecule has 4 rings (SSSR count). The van der Waals surface area contributed by atoms with Crippen LogP contribution in [0, 0.1) is 12.7 Å². The van der Waals surface area contributed by atoms with Crippen molar-refractivity contribution in [3.63, 3.8) is 0 Å². The number of benzene rings is 2. The van der Waals surface area contributed by atoms with Crippen LogP contribution in [0.5, 0.6) is 5.75 Å². The maximum Gasteiger partial charge on any atom is 0.241 e. The zero-order valence-electron chi connectivity index (χ0n) is 18.8. The third-order valence-electron chi connectivity index (χ3n) is 5.99. The van der Waals surface area contributed by atoms with Gasteiger partial charge < -0.3 is 14.6 Å². The third kappa shape index (κ3) is 5.17. The number of amides is 1. The molecule has 2 heterocycles. The Morgan fingerprint density at radius 1 is 1.36 bits per heavy atom. The Balaban J connectivity index is 1.44. The van der Waals surface area contributed by atoms with Crippen LogP contribution in [0.2, 0.25) is 5.02 Å². The number of ether oxygens (including phenoxy) is 1. The lowest BCUT2D eigenvalue weighted by atomic mass is 9.96. The molecule has 1 fully saturated rings. The second-order valence-electron chi connectivity index (χ2n) is 8.27. The number of nitrogens with one attached hydrogen (secondary N) is 1. The summed E-state index contributed by atoms with van der Waals surface area (Å²) in [6.07, 6.45) is 1.77. The Morgan fingerprint density at radius 2 is 2.18 bits per heavy atom. The van der Waals surface area contributed by atoms with Crippen LogP contribution in [0.1, 0.15) is 37.1 Å². The first kappa shape index (κ1) is 23.2. The first-order chi connectivity index (χ1) is 15.9. The number of carbonyl (C=O) groups excluding carboxylic acids is 1. The number of aromatic nitrogens is 2. The number of aryl methyl sites for hydroxylation is 1. The Labute approximate surface area is 196 Å². The predicted molar refractivity (Wildman–Crippen MR) is 124 cm³/mol. The average Bonchev–Trinajstić information content (AvgIpc) is 3.31. The van der Waals surface area contributed by atoms with Crippen LogP contribution >= 0.6 is 11.6 Å². The van der Waals surface area contributed by atoms with E-state index in [1.54, 1.807) is 24.3 Å². The quantitative estimate of drug-likeness (QED) is 0.540. The molecule has 1 N–H and O–H groups in total. The first-order valence-corrected chi connectivity index (χ1v) is 11.2. The standard InChI is InChI=1S/C24H26ClFN4O3/c1-14-10-20(21(32-3)12-19(14)25)27-23(31)15(2)30-9-5-7-17(13-30)24-28-22(29-33-24)16-6-4-8-18(26)11-16/h4,6,8,10-12,15,17H,5,7,9,13H2,1-3H3,(H,27,31). The van der Waals surface area contributed by atoms with Gasteiger partial charge in [0.05, 0.1) is 24.8 Å². The molecular formula is C24H26ClFN4O3. The number of methoxy groups -OCH3 is 1. The van der Waals surface area contributed by atoms with Gasteiger partial charge in [0.15, 0.2) is 0 Å². The smallest absolute Gasteiger partial charge is 0.241 e. The molecule has 33 heavy (non-hydrogen) atoms. The van der Waals surface area contributed by atoms with Gasteiger partial charge in [-0.1, -0.05) is 28.9 Å². The van der Waals surface area contributed by atoms with Crippen molar-refractivity contribution in [1.82, 2.24) is 15.0 Å². The van der Waals surface area contributed by atoms with E-state index in [-0.39, 0.29) is 23.7 Å². The van der Waals surface area contributed by atoms with Crippen molar-refractivity contribution in [2.75, 3.05) is 25.5 Å². The van der Waals surface area contributed by atoms with Crippen LogP contribution in [-0.4, -0.2) is 47.2 Å². The fraction of sp³-hybridized carbons (Fsp3) is 0.375. The molecule has 2 atom stereocenters. The van der Waals surface area contributed by atoms with E-state index < -0.39 is 0 Å². The lowest BCUT2D eigenvalue weighted by Gasteiger charge is -2.34. The van der Waals surface area contributed by atoms with Gasteiger partial charge in [-0.15, -0.1) is 0 Å². The van der Waals surface area contributed by atoms with Crippen molar-refractivity contribution >= 4 is 23.2 Å². The molecule has 2 unspecified atom stereocenters. The highest BCUT2D eigenvalue weighted by molar-refractivity contribution is 6.31. The summed E-state index contributed by atoms with van der Waals surface area (Å²) in [5.41, 5.74) is 2.00. The molecular weight excluding hydrogens is 447 g/mol. The van der Waals surface area contributed by atoms with Crippen molar-refractivity contribution in [1.29, 1.82) is 0 Å². The summed E-state index contributed by atoms with van der Waals surface area (Å²) in [4.78, 5) is 19.6. The number of likely N-dealkylation sites (tertiary alicyclic amines) is 1. The number of anilines is 1. The zero-order valence-corrected chi connectivity index (χ0v) is 19.5. The summed E-state index contributed by atoms with van der Waals surface area (Å²) in [6, 6.07) is 9.22. The van der Waals surface area contributed by atoms with E-state index >= 15 is 0 Å². The lowest BCUT2D eigenvalue weighted by molar-refractivity contribution is -0.121. The first-order valence-electron chi connectivity index (χ1n) is 10.8. The van der Waals surface area contributed by atoms with Crippen LogP contribution in [0.3, 0.4) is 0 Å². The molecule has 0 radical (unpaired) electrons. The molecule has 9 heteroatoms. The van der Waals surface area contributed by atoms with E-state index in [0.29, 0.717) is 40.3 Å². The summed E-state index contributed by atoms with van der Waals surface area (Å²) in [7, 11) is 1.54. The molecule has 1 aliphatic rings. The van der Waals surface area contributed by atoms with Crippen LogP contribution in [0.4, 0.5) is 10.1 Å². The molecule has 2 aromatic carbocycles. The fourth-order valence-corrected chi connectivity index (χ4v) is 4.19. The highest BCUT2D eigenvalue weighted by Gasteiger charge is 2.31. The summed E-state index contributed by atoms with van der Waals surface area (Å²) in [5, 5.41) is 7.56. The average molecular weight is 473 g/mol. The van der Waals surface area contributed by atoms with Gasteiger partial charge in [-0.3, -0.25) is 9.69 Å². The van der Waals surface area contributed by atoms with E-state index in [4.69, 9.17) is 20.9 Å². The molecule has 7 nitrogen and oxygen atoms in total. The van der Waals surface area contributed by atoms with Gasteiger partial charge in [0.25, 0.3) is 0 Å². The monoisotopic (exact) mass is 472 g/mol. The molecule has 1 amide bonds.